The molecule has 2 heterocycles. The molecule has 0 fully saturated rings. The van der Waals surface area contributed by atoms with E-state index in [-0.39, 0.29) is 24.3 Å². The molecule has 3 aromatic rings. The maximum atomic E-state index is 12.1. The molecule has 0 atom stereocenters. The predicted octanol–water partition coefficient (Wildman–Crippen LogP) is 1.62. The number of carbonyl (C=O) groups is 2. The van der Waals surface area contributed by atoms with Gasteiger partial charge in [-0.3, -0.25) is 10.1 Å². The molecule has 1 aromatic carbocycles. The summed E-state index contributed by atoms with van der Waals surface area (Å²) in [6.07, 6.45) is 1.49. The van der Waals surface area contributed by atoms with E-state index in [0.29, 0.717) is 5.69 Å². The van der Waals surface area contributed by atoms with Crippen LogP contribution in [0.15, 0.2) is 29.9 Å². The zero-order valence-electron chi connectivity index (χ0n) is 13.1. The molecule has 24 heavy (non-hydrogen) atoms. The number of carbonyl (C=O) groups excluding carboxylic acids is 2. The van der Waals surface area contributed by atoms with Gasteiger partial charge in [0.05, 0.1) is 21.9 Å². The van der Waals surface area contributed by atoms with Crippen molar-refractivity contribution in [1.29, 1.82) is 0 Å². The molecule has 0 radical (unpaired) electrons. The molecule has 9 nitrogen and oxygen atoms in total. The fourth-order valence-corrected chi connectivity index (χ4v) is 2.65. The number of hydrogen-bond acceptors (Lipinski definition) is 6. The van der Waals surface area contributed by atoms with Crippen molar-refractivity contribution in [3.05, 3.63) is 29.9 Å². The number of fused-ring (bicyclic) bond motifs is 1. The van der Waals surface area contributed by atoms with Gasteiger partial charge in [0.1, 0.15) is 6.54 Å². The molecular weight excluding hydrogens is 330 g/mol. The van der Waals surface area contributed by atoms with Gasteiger partial charge in [-0.05, 0) is 18.2 Å². The van der Waals surface area contributed by atoms with Gasteiger partial charge in [0.2, 0.25) is 5.91 Å². The molecule has 124 valence electrons. The van der Waals surface area contributed by atoms with Gasteiger partial charge >= 0.3 is 6.03 Å². The van der Waals surface area contributed by atoms with Crippen molar-refractivity contribution < 1.29 is 9.59 Å². The van der Waals surface area contributed by atoms with Crippen molar-refractivity contribution in [1.82, 2.24) is 24.9 Å². The Morgan fingerprint density at radius 1 is 1.29 bits per heavy atom. The lowest BCUT2D eigenvalue weighted by molar-refractivity contribution is -0.116. The Kier molecular flexibility index (Phi) is 4.38. The van der Waals surface area contributed by atoms with Crippen molar-refractivity contribution in [3.8, 4) is 0 Å². The number of rotatable bonds is 4. The minimum Gasteiger partial charge on any atom is -0.331 e. The van der Waals surface area contributed by atoms with Crippen LogP contribution in [0.2, 0.25) is 0 Å². The summed E-state index contributed by atoms with van der Waals surface area (Å²) in [7, 11) is 3.24. The van der Waals surface area contributed by atoms with Crippen molar-refractivity contribution in [2.75, 3.05) is 24.7 Å². The number of thiazole rings is 1. The summed E-state index contributed by atoms with van der Waals surface area (Å²) in [6, 6.07) is 5.20. The van der Waals surface area contributed by atoms with E-state index >= 15 is 0 Å². The van der Waals surface area contributed by atoms with Crippen LogP contribution in [0.4, 0.5) is 16.3 Å². The lowest BCUT2D eigenvalue weighted by Crippen LogP contribution is -2.27. The Morgan fingerprint density at radius 3 is 2.92 bits per heavy atom. The quantitative estimate of drug-likeness (QED) is 0.747. The summed E-state index contributed by atoms with van der Waals surface area (Å²) < 4.78 is 2.36. The minimum absolute atomic E-state index is 0.00837. The Hall–Kier alpha value is -3.01. The van der Waals surface area contributed by atoms with Crippen molar-refractivity contribution in [2.24, 2.45) is 0 Å². The van der Waals surface area contributed by atoms with Crippen molar-refractivity contribution >= 4 is 45.0 Å². The first-order chi connectivity index (χ1) is 11.5. The van der Waals surface area contributed by atoms with E-state index in [1.165, 1.54) is 27.1 Å². The number of urea groups is 1. The topological polar surface area (TPSA) is 105 Å². The summed E-state index contributed by atoms with van der Waals surface area (Å²) in [5, 5.41) is 13.0. The Labute approximate surface area is 141 Å². The number of nitrogens with one attached hydrogen (secondary N) is 2. The number of hydrogen-bond donors (Lipinski definition) is 2. The van der Waals surface area contributed by atoms with E-state index in [1.807, 2.05) is 12.1 Å². The molecule has 2 aromatic heterocycles. The molecule has 0 aliphatic carbocycles. The molecular formula is C14H15N7O2S. The average Bonchev–Trinajstić information content (AvgIpc) is 3.15. The van der Waals surface area contributed by atoms with E-state index in [1.54, 1.807) is 25.7 Å². The van der Waals surface area contributed by atoms with Crippen LogP contribution in [0.25, 0.3) is 10.2 Å². The molecule has 0 bridgehead atoms. The van der Waals surface area contributed by atoms with E-state index in [4.69, 9.17) is 0 Å². The lowest BCUT2D eigenvalue weighted by Gasteiger charge is -2.09. The first kappa shape index (κ1) is 15.9. The minimum atomic E-state index is -0.315. The molecule has 0 spiro atoms. The SMILES string of the molecule is CN(C)C(=O)Nc1cn(CC(=O)Nc2ccc3ncsc3c2)nn1. The Morgan fingerprint density at radius 2 is 2.12 bits per heavy atom. The van der Waals surface area contributed by atoms with Gasteiger partial charge in [-0.2, -0.15) is 0 Å². The second-order valence-electron chi connectivity index (χ2n) is 5.21. The summed E-state index contributed by atoms with van der Waals surface area (Å²) in [6.45, 7) is -0.00837. The van der Waals surface area contributed by atoms with Crippen LogP contribution in [0.5, 0.6) is 0 Å². The van der Waals surface area contributed by atoms with Gasteiger partial charge in [0, 0.05) is 19.8 Å². The van der Waals surface area contributed by atoms with Crippen molar-refractivity contribution in [2.45, 2.75) is 6.54 Å². The fourth-order valence-electron chi connectivity index (χ4n) is 1.93. The number of benzene rings is 1. The van der Waals surface area contributed by atoms with E-state index < -0.39 is 0 Å². The van der Waals surface area contributed by atoms with Crippen LogP contribution < -0.4 is 10.6 Å². The maximum absolute atomic E-state index is 12.1. The smallest absolute Gasteiger partial charge is 0.322 e. The molecule has 0 unspecified atom stereocenters. The second-order valence-corrected chi connectivity index (χ2v) is 6.10. The molecule has 0 saturated heterocycles. The highest BCUT2D eigenvalue weighted by Crippen LogP contribution is 2.21. The Balaban J connectivity index is 1.60. The van der Waals surface area contributed by atoms with Gasteiger partial charge in [0.15, 0.2) is 5.82 Å². The maximum Gasteiger partial charge on any atom is 0.322 e. The summed E-state index contributed by atoms with van der Waals surface area (Å²) in [4.78, 5) is 29.2. The third-order valence-corrected chi connectivity index (χ3v) is 3.89. The van der Waals surface area contributed by atoms with Crippen LogP contribution >= 0.6 is 11.3 Å². The van der Waals surface area contributed by atoms with Crippen LogP contribution in [0, 0.1) is 0 Å². The molecule has 2 N–H and O–H groups in total. The third kappa shape index (κ3) is 3.66. The molecule has 0 aliphatic heterocycles. The molecule has 3 amide bonds. The number of nitrogens with zero attached hydrogens (tertiary/aromatic N) is 5. The number of anilines is 2. The fraction of sp³-hybridized carbons (Fsp3) is 0.214. The van der Waals surface area contributed by atoms with Gasteiger partial charge in [-0.15, -0.1) is 16.4 Å². The zero-order valence-corrected chi connectivity index (χ0v) is 13.9. The number of amides is 3. The highest BCUT2D eigenvalue weighted by molar-refractivity contribution is 7.16. The first-order valence-corrected chi connectivity index (χ1v) is 7.91. The van der Waals surface area contributed by atoms with Crippen LogP contribution in [-0.4, -0.2) is 50.9 Å². The summed E-state index contributed by atoms with van der Waals surface area (Å²) in [5.74, 6) is 0.0434. The molecule has 3 rings (SSSR count). The number of aromatic nitrogens is 4. The first-order valence-electron chi connectivity index (χ1n) is 7.03. The predicted molar refractivity (Wildman–Crippen MR) is 91.0 cm³/mol. The second kappa shape index (κ2) is 6.62. The molecule has 0 aliphatic rings. The van der Waals surface area contributed by atoms with Gasteiger partial charge in [-0.1, -0.05) is 5.21 Å². The average molecular weight is 345 g/mol. The molecule has 10 heteroatoms. The monoisotopic (exact) mass is 345 g/mol. The van der Waals surface area contributed by atoms with E-state index in [2.05, 4.69) is 25.9 Å². The van der Waals surface area contributed by atoms with Gasteiger partial charge < -0.3 is 10.2 Å². The normalized spacial score (nSPS) is 10.6. The molecule has 0 saturated carbocycles. The van der Waals surface area contributed by atoms with E-state index in [9.17, 15) is 9.59 Å². The van der Waals surface area contributed by atoms with Crippen molar-refractivity contribution in [3.63, 3.8) is 0 Å². The van der Waals surface area contributed by atoms with Gasteiger partial charge in [0.25, 0.3) is 0 Å². The van der Waals surface area contributed by atoms with Gasteiger partial charge in [-0.25, -0.2) is 14.5 Å². The summed E-state index contributed by atoms with van der Waals surface area (Å²) in [5.41, 5.74) is 3.35. The highest BCUT2D eigenvalue weighted by Gasteiger charge is 2.10. The Bertz CT molecular complexity index is 886. The van der Waals surface area contributed by atoms with E-state index in [0.717, 1.165) is 10.2 Å². The van der Waals surface area contributed by atoms with Crippen LogP contribution in [0.3, 0.4) is 0 Å². The largest absolute Gasteiger partial charge is 0.331 e. The highest BCUT2D eigenvalue weighted by atomic mass is 32.1. The zero-order chi connectivity index (χ0) is 17.1. The standard InChI is InChI=1S/C14H15N7O2S/c1-20(2)14(23)17-12-6-21(19-18-12)7-13(22)16-9-3-4-10-11(5-9)24-8-15-10/h3-6,8H,7H2,1-2H3,(H,16,22)(H,17,23). The summed E-state index contributed by atoms with van der Waals surface area (Å²) >= 11 is 1.51. The third-order valence-electron chi connectivity index (χ3n) is 3.10. The van der Waals surface area contributed by atoms with Crippen LogP contribution in [0.1, 0.15) is 0 Å². The lowest BCUT2D eigenvalue weighted by atomic mass is 10.3. The van der Waals surface area contributed by atoms with Crippen LogP contribution in [-0.2, 0) is 11.3 Å².